The molecule has 0 aliphatic heterocycles. The van der Waals surface area contributed by atoms with Crippen LogP contribution < -0.4 is 10.9 Å². The third-order valence-corrected chi connectivity index (χ3v) is 4.66. The highest BCUT2D eigenvalue weighted by atomic mass is 19.1. The van der Waals surface area contributed by atoms with Gasteiger partial charge in [0.05, 0.1) is 22.7 Å². The lowest BCUT2D eigenvalue weighted by Gasteiger charge is -2.03. The van der Waals surface area contributed by atoms with E-state index in [0.29, 0.717) is 22.7 Å². The molecule has 0 bridgehead atoms. The van der Waals surface area contributed by atoms with Gasteiger partial charge in [0.1, 0.15) is 11.6 Å². The van der Waals surface area contributed by atoms with Gasteiger partial charge in [-0.05, 0) is 90.3 Å². The Morgan fingerprint density at radius 3 is 1.21 bits per heavy atom. The fourth-order valence-corrected chi connectivity index (χ4v) is 2.93. The lowest BCUT2D eigenvalue weighted by atomic mass is 10.0. The number of anilines is 2. The molecule has 0 saturated heterocycles. The number of rotatable bonds is 8. The second-order valence-corrected chi connectivity index (χ2v) is 7.15. The Morgan fingerprint density at radius 2 is 0.848 bits per heavy atom. The molecule has 4 aromatic rings. The van der Waals surface area contributed by atoms with Gasteiger partial charge in [-0.1, -0.05) is 34.7 Å². The van der Waals surface area contributed by atoms with Crippen molar-refractivity contribution in [2.24, 2.45) is 20.7 Å². The molecular formula is C25H20F2N6. The Kier molecular flexibility index (Phi) is 7.07. The van der Waals surface area contributed by atoms with Crippen molar-refractivity contribution >= 4 is 22.7 Å². The van der Waals surface area contributed by atoms with Crippen LogP contribution in [0.1, 0.15) is 11.1 Å². The molecule has 0 amide bonds. The van der Waals surface area contributed by atoms with Crippen molar-refractivity contribution in [3.8, 4) is 0 Å². The smallest absolute Gasteiger partial charge is 0.123 e. The van der Waals surface area contributed by atoms with Crippen molar-refractivity contribution in [3.05, 3.63) is 120 Å². The topological polar surface area (TPSA) is 73.5 Å². The normalized spacial score (nSPS) is 11.2. The Bertz CT molecular complexity index is 1120. The molecule has 4 rings (SSSR count). The summed E-state index contributed by atoms with van der Waals surface area (Å²) in [5.74, 6) is -0.600. The first-order valence-corrected chi connectivity index (χ1v) is 10.2. The van der Waals surface area contributed by atoms with Crippen molar-refractivity contribution in [1.82, 2.24) is 0 Å². The molecule has 0 aromatic heterocycles. The minimum absolute atomic E-state index is 0.300. The first kappa shape index (κ1) is 21.8. The molecule has 164 valence electrons. The number of benzene rings is 4. The number of hydrogen-bond acceptors (Lipinski definition) is 4. The van der Waals surface area contributed by atoms with Gasteiger partial charge < -0.3 is 0 Å². The Balaban J connectivity index is 1.27. The van der Waals surface area contributed by atoms with E-state index in [-0.39, 0.29) is 11.6 Å². The Hall–Kier alpha value is -4.46. The van der Waals surface area contributed by atoms with Crippen molar-refractivity contribution in [2.75, 3.05) is 10.9 Å². The maximum absolute atomic E-state index is 12.9. The average molecular weight is 442 g/mol. The predicted octanol–water partition coefficient (Wildman–Crippen LogP) is 7.78. The summed E-state index contributed by atoms with van der Waals surface area (Å²) < 4.78 is 25.8. The molecule has 0 unspecified atom stereocenters. The van der Waals surface area contributed by atoms with Crippen molar-refractivity contribution in [3.63, 3.8) is 0 Å². The summed E-state index contributed by atoms with van der Waals surface area (Å²) in [4.78, 5) is 0. The third-order valence-electron chi connectivity index (χ3n) is 4.66. The second-order valence-electron chi connectivity index (χ2n) is 7.15. The van der Waals surface area contributed by atoms with Crippen LogP contribution in [0.25, 0.3) is 0 Å². The summed E-state index contributed by atoms with van der Waals surface area (Å²) in [7, 11) is 0. The minimum atomic E-state index is -0.300. The molecule has 0 heterocycles. The van der Waals surface area contributed by atoms with E-state index in [1.807, 2.05) is 48.5 Å². The molecule has 33 heavy (non-hydrogen) atoms. The summed E-state index contributed by atoms with van der Waals surface area (Å²) in [6, 6.07) is 27.3. The van der Waals surface area contributed by atoms with Crippen LogP contribution in [0.2, 0.25) is 0 Å². The van der Waals surface area contributed by atoms with Crippen LogP contribution >= 0.6 is 0 Å². The van der Waals surface area contributed by atoms with E-state index >= 15 is 0 Å². The van der Waals surface area contributed by atoms with Crippen LogP contribution in [0.15, 0.2) is 118 Å². The van der Waals surface area contributed by atoms with E-state index < -0.39 is 0 Å². The van der Waals surface area contributed by atoms with Gasteiger partial charge >= 0.3 is 0 Å². The van der Waals surface area contributed by atoms with Crippen LogP contribution in [0.4, 0.5) is 31.5 Å². The van der Waals surface area contributed by atoms with Gasteiger partial charge in [0.15, 0.2) is 0 Å². The Morgan fingerprint density at radius 1 is 0.485 bits per heavy atom. The summed E-state index contributed by atoms with van der Waals surface area (Å²) >= 11 is 0. The minimum Gasteiger partial charge on any atom is -0.260 e. The third kappa shape index (κ3) is 6.76. The van der Waals surface area contributed by atoms with E-state index in [0.717, 1.165) is 17.5 Å². The fraction of sp³-hybridized carbons (Fsp3) is 0.0400. The molecule has 0 atom stereocenters. The highest BCUT2D eigenvalue weighted by molar-refractivity contribution is 5.45. The van der Waals surface area contributed by atoms with E-state index in [1.165, 1.54) is 24.3 Å². The highest BCUT2D eigenvalue weighted by Crippen LogP contribution is 2.19. The molecular weight excluding hydrogens is 422 g/mol. The highest BCUT2D eigenvalue weighted by Gasteiger charge is 1.99. The van der Waals surface area contributed by atoms with Crippen LogP contribution in [-0.4, -0.2) is 0 Å². The van der Waals surface area contributed by atoms with Gasteiger partial charge in [0.2, 0.25) is 0 Å². The molecule has 2 N–H and O–H groups in total. The zero-order valence-electron chi connectivity index (χ0n) is 17.5. The molecule has 0 fully saturated rings. The fourth-order valence-electron chi connectivity index (χ4n) is 2.93. The quantitative estimate of drug-likeness (QED) is 0.216. The van der Waals surface area contributed by atoms with Gasteiger partial charge in [-0.25, -0.2) is 8.78 Å². The first-order valence-electron chi connectivity index (χ1n) is 10.2. The monoisotopic (exact) mass is 442 g/mol. The average Bonchev–Trinajstić information content (AvgIpc) is 2.84. The number of halogens is 2. The van der Waals surface area contributed by atoms with Gasteiger partial charge in [-0.15, -0.1) is 10.2 Å². The second kappa shape index (κ2) is 10.7. The van der Waals surface area contributed by atoms with Crippen LogP contribution in [0.5, 0.6) is 0 Å². The molecule has 0 spiro atoms. The maximum atomic E-state index is 12.9. The summed E-state index contributed by atoms with van der Waals surface area (Å²) in [6.45, 7) is 0. The molecule has 0 saturated carbocycles. The number of nitrogens with one attached hydrogen (secondary N) is 2. The van der Waals surface area contributed by atoms with Gasteiger partial charge in [0.25, 0.3) is 0 Å². The van der Waals surface area contributed by atoms with Crippen LogP contribution in [0.3, 0.4) is 0 Å². The largest absolute Gasteiger partial charge is 0.260 e. The molecule has 0 radical (unpaired) electrons. The Labute approximate surface area is 189 Å². The van der Waals surface area contributed by atoms with E-state index in [4.69, 9.17) is 0 Å². The molecule has 8 heteroatoms. The van der Waals surface area contributed by atoms with Crippen LogP contribution in [0, 0.1) is 11.6 Å². The van der Waals surface area contributed by atoms with E-state index in [9.17, 15) is 8.78 Å². The summed E-state index contributed by atoms with van der Waals surface area (Å²) in [5, 5.41) is 16.1. The maximum Gasteiger partial charge on any atom is 0.123 e. The van der Waals surface area contributed by atoms with Gasteiger partial charge in [-0.2, -0.15) is 0 Å². The van der Waals surface area contributed by atoms with Gasteiger partial charge in [0, 0.05) is 0 Å². The van der Waals surface area contributed by atoms with Gasteiger partial charge in [-0.3, -0.25) is 10.9 Å². The number of nitrogens with zero attached hydrogens (tertiary/aromatic N) is 4. The van der Waals surface area contributed by atoms with Crippen molar-refractivity contribution in [1.29, 1.82) is 0 Å². The zero-order chi connectivity index (χ0) is 22.9. The number of hydrogen-bond donors (Lipinski definition) is 2. The summed E-state index contributed by atoms with van der Waals surface area (Å²) in [5.41, 5.74) is 10.5. The SMILES string of the molecule is Fc1ccc(NN=Nc2ccc(Cc3ccc(N=NNc4ccc(F)cc4)cc3)cc2)cc1. The lowest BCUT2D eigenvalue weighted by Crippen LogP contribution is -1.88. The van der Waals surface area contributed by atoms with E-state index in [1.54, 1.807) is 24.3 Å². The van der Waals surface area contributed by atoms with Crippen molar-refractivity contribution in [2.45, 2.75) is 6.42 Å². The van der Waals surface area contributed by atoms with Crippen molar-refractivity contribution < 1.29 is 8.78 Å². The molecule has 0 aliphatic carbocycles. The van der Waals surface area contributed by atoms with E-state index in [2.05, 4.69) is 31.5 Å². The first-order chi connectivity index (χ1) is 16.1. The molecule has 6 nitrogen and oxygen atoms in total. The zero-order valence-corrected chi connectivity index (χ0v) is 17.5. The van der Waals surface area contributed by atoms with Crippen LogP contribution in [-0.2, 0) is 6.42 Å². The molecule has 4 aromatic carbocycles. The summed E-state index contributed by atoms with van der Waals surface area (Å²) in [6.07, 6.45) is 0.760. The standard InChI is InChI=1S/C25H20F2N6/c26-20-5-13-24(14-6-20)30-32-28-22-9-1-18(2-10-22)17-19-3-11-23(12-4-19)29-33-31-25-15-7-21(27)8-16-25/h1-16H,17H2,(H,28,30)(H,29,31). The lowest BCUT2D eigenvalue weighted by molar-refractivity contribution is 0.627. The predicted molar refractivity (Wildman–Crippen MR) is 125 cm³/mol. The molecule has 0 aliphatic rings.